The van der Waals surface area contributed by atoms with E-state index in [2.05, 4.69) is 29.3 Å². The average molecular weight is 296 g/mol. The molecule has 1 aromatic carbocycles. The normalized spacial score (nSPS) is 12.4. The first-order valence-electron chi connectivity index (χ1n) is 6.55. The molecule has 2 aromatic rings. The molecule has 2 rings (SSSR count). The third-order valence-corrected chi connectivity index (χ3v) is 3.10. The summed E-state index contributed by atoms with van der Waals surface area (Å²) in [5.74, 6) is 1.82. The number of hydrogen-bond donors (Lipinski definition) is 1. The van der Waals surface area contributed by atoms with Crippen molar-refractivity contribution in [1.82, 2.24) is 15.5 Å². The maximum atomic E-state index is 6.06. The number of benzene rings is 1. The summed E-state index contributed by atoms with van der Waals surface area (Å²) < 4.78 is 10.8. The number of ether oxygens (including phenoxy) is 1. The summed E-state index contributed by atoms with van der Waals surface area (Å²) in [5.41, 5.74) is 1.01. The molecule has 1 atom stereocenters. The monoisotopic (exact) mass is 295 g/mol. The fourth-order valence-electron chi connectivity index (χ4n) is 1.94. The summed E-state index contributed by atoms with van der Waals surface area (Å²) in [6.45, 7) is 7.01. The largest absolute Gasteiger partial charge is 0.483 e. The lowest BCUT2D eigenvalue weighted by Gasteiger charge is -2.17. The van der Waals surface area contributed by atoms with Crippen molar-refractivity contribution in [3.8, 4) is 5.75 Å². The van der Waals surface area contributed by atoms with E-state index in [0.717, 1.165) is 17.9 Å². The summed E-state index contributed by atoms with van der Waals surface area (Å²) in [4.78, 5) is 4.11. The van der Waals surface area contributed by atoms with Crippen molar-refractivity contribution in [1.29, 1.82) is 0 Å². The molecule has 5 nitrogen and oxygen atoms in total. The molecule has 108 valence electrons. The van der Waals surface area contributed by atoms with Gasteiger partial charge in [-0.2, -0.15) is 4.98 Å². The molecule has 0 aliphatic carbocycles. The third kappa shape index (κ3) is 3.71. The Morgan fingerprint density at radius 3 is 2.90 bits per heavy atom. The number of nitrogens with zero attached hydrogens (tertiary/aromatic N) is 2. The van der Waals surface area contributed by atoms with Gasteiger partial charge in [-0.15, -0.1) is 0 Å². The Labute approximate surface area is 123 Å². The predicted molar refractivity (Wildman–Crippen MR) is 76.9 cm³/mol. The molecule has 1 unspecified atom stereocenters. The van der Waals surface area contributed by atoms with Gasteiger partial charge < -0.3 is 14.6 Å². The summed E-state index contributed by atoms with van der Waals surface area (Å²) in [7, 11) is 0. The van der Waals surface area contributed by atoms with E-state index in [0.29, 0.717) is 16.7 Å². The number of aryl methyl sites for hydroxylation is 1. The Bertz CT molecular complexity index is 571. The van der Waals surface area contributed by atoms with Gasteiger partial charge in [-0.05, 0) is 38.6 Å². The van der Waals surface area contributed by atoms with Gasteiger partial charge in [0.2, 0.25) is 0 Å². The Hall–Kier alpha value is -1.59. The van der Waals surface area contributed by atoms with Crippen LogP contribution < -0.4 is 10.1 Å². The lowest BCUT2D eigenvalue weighted by Crippen LogP contribution is -2.18. The molecule has 0 aliphatic heterocycles. The molecule has 0 saturated heterocycles. The van der Waals surface area contributed by atoms with Crippen LogP contribution in [-0.2, 0) is 6.61 Å². The molecule has 0 saturated carbocycles. The second-order valence-corrected chi connectivity index (χ2v) is 4.92. The maximum absolute atomic E-state index is 6.06. The molecule has 0 spiro atoms. The van der Waals surface area contributed by atoms with Gasteiger partial charge in [0.1, 0.15) is 5.75 Å². The van der Waals surface area contributed by atoms with Crippen LogP contribution in [0.2, 0.25) is 5.02 Å². The predicted octanol–water partition coefficient (Wildman–Crippen LogP) is 3.28. The minimum Gasteiger partial charge on any atom is -0.483 e. The Kier molecular flexibility index (Phi) is 4.98. The average Bonchev–Trinajstić information content (AvgIpc) is 2.83. The van der Waals surface area contributed by atoms with Crippen molar-refractivity contribution in [3.63, 3.8) is 0 Å². The fraction of sp³-hybridized carbons (Fsp3) is 0.429. The topological polar surface area (TPSA) is 60.2 Å². The molecule has 20 heavy (non-hydrogen) atoms. The van der Waals surface area contributed by atoms with Gasteiger partial charge in [-0.25, -0.2) is 0 Å². The lowest BCUT2D eigenvalue weighted by molar-refractivity contribution is 0.239. The van der Waals surface area contributed by atoms with Crippen LogP contribution >= 0.6 is 11.6 Å². The highest BCUT2D eigenvalue weighted by Crippen LogP contribution is 2.28. The van der Waals surface area contributed by atoms with E-state index in [1.165, 1.54) is 0 Å². The van der Waals surface area contributed by atoms with Gasteiger partial charge in [-0.3, -0.25) is 0 Å². The zero-order valence-corrected chi connectivity index (χ0v) is 12.6. The van der Waals surface area contributed by atoms with E-state index < -0.39 is 0 Å². The first kappa shape index (κ1) is 14.8. The molecule has 0 aliphatic rings. The highest BCUT2D eigenvalue weighted by Gasteiger charge is 2.13. The van der Waals surface area contributed by atoms with E-state index in [1.54, 1.807) is 13.0 Å². The van der Waals surface area contributed by atoms with Crippen molar-refractivity contribution in [2.24, 2.45) is 0 Å². The van der Waals surface area contributed by atoms with Gasteiger partial charge in [0.25, 0.3) is 5.89 Å². The molecule has 1 aromatic heterocycles. The molecular formula is C14H18ClN3O2. The molecule has 0 amide bonds. The zero-order valence-electron chi connectivity index (χ0n) is 11.8. The summed E-state index contributed by atoms with van der Waals surface area (Å²) in [6.07, 6.45) is 0. The van der Waals surface area contributed by atoms with Gasteiger partial charge in [0.15, 0.2) is 12.4 Å². The smallest absolute Gasteiger partial charge is 0.264 e. The number of hydrogen-bond acceptors (Lipinski definition) is 5. The zero-order chi connectivity index (χ0) is 14.5. The van der Waals surface area contributed by atoms with Crippen molar-refractivity contribution in [2.45, 2.75) is 33.4 Å². The van der Waals surface area contributed by atoms with E-state index in [-0.39, 0.29) is 12.6 Å². The van der Waals surface area contributed by atoms with Crippen molar-refractivity contribution >= 4 is 11.6 Å². The van der Waals surface area contributed by atoms with Crippen molar-refractivity contribution < 1.29 is 9.26 Å². The van der Waals surface area contributed by atoms with Crippen LogP contribution in [-0.4, -0.2) is 16.7 Å². The quantitative estimate of drug-likeness (QED) is 0.886. The number of halogens is 1. The Balaban J connectivity index is 2.13. The summed E-state index contributed by atoms with van der Waals surface area (Å²) >= 11 is 6.06. The first-order chi connectivity index (χ1) is 9.60. The lowest BCUT2D eigenvalue weighted by atomic mass is 10.1. The van der Waals surface area contributed by atoms with E-state index in [4.69, 9.17) is 20.9 Å². The maximum Gasteiger partial charge on any atom is 0.264 e. The van der Waals surface area contributed by atoms with Crippen LogP contribution in [0, 0.1) is 6.92 Å². The van der Waals surface area contributed by atoms with Crippen molar-refractivity contribution in [2.75, 3.05) is 6.54 Å². The van der Waals surface area contributed by atoms with Crippen LogP contribution in [0.15, 0.2) is 22.7 Å². The highest BCUT2D eigenvalue weighted by atomic mass is 35.5. The number of nitrogens with one attached hydrogen (secondary N) is 1. The number of rotatable bonds is 6. The first-order valence-corrected chi connectivity index (χ1v) is 6.92. The molecule has 0 bridgehead atoms. The van der Waals surface area contributed by atoms with Gasteiger partial charge in [0.05, 0.1) is 0 Å². The van der Waals surface area contributed by atoms with Gasteiger partial charge in [0, 0.05) is 16.6 Å². The number of aromatic nitrogens is 2. The summed E-state index contributed by atoms with van der Waals surface area (Å²) in [5, 5.41) is 7.76. The van der Waals surface area contributed by atoms with Crippen molar-refractivity contribution in [3.05, 3.63) is 40.5 Å². The highest BCUT2D eigenvalue weighted by molar-refractivity contribution is 6.30. The second kappa shape index (κ2) is 6.72. The van der Waals surface area contributed by atoms with E-state index >= 15 is 0 Å². The van der Waals surface area contributed by atoms with Crippen LogP contribution in [0.25, 0.3) is 0 Å². The summed E-state index contributed by atoms with van der Waals surface area (Å²) in [6, 6.07) is 5.72. The standard InChI is InChI=1S/C14H18ClN3O2/c1-4-16-9(2)12-7-11(15)5-6-13(12)19-8-14-17-10(3)18-20-14/h5-7,9,16H,4,8H2,1-3H3. The molecular weight excluding hydrogens is 278 g/mol. The Morgan fingerprint density at radius 2 is 2.25 bits per heavy atom. The second-order valence-electron chi connectivity index (χ2n) is 4.49. The van der Waals surface area contributed by atoms with Gasteiger partial charge in [-0.1, -0.05) is 23.7 Å². The fourth-order valence-corrected chi connectivity index (χ4v) is 2.12. The molecule has 0 fully saturated rings. The van der Waals surface area contributed by atoms with Crippen LogP contribution in [0.3, 0.4) is 0 Å². The van der Waals surface area contributed by atoms with Crippen LogP contribution in [0.5, 0.6) is 5.75 Å². The van der Waals surface area contributed by atoms with Crippen LogP contribution in [0.1, 0.15) is 37.2 Å². The molecule has 1 heterocycles. The Morgan fingerprint density at radius 1 is 1.45 bits per heavy atom. The molecule has 0 radical (unpaired) electrons. The molecule has 1 N–H and O–H groups in total. The minimum absolute atomic E-state index is 0.151. The van der Waals surface area contributed by atoms with Crippen LogP contribution in [0.4, 0.5) is 0 Å². The third-order valence-electron chi connectivity index (χ3n) is 2.87. The SMILES string of the molecule is CCNC(C)c1cc(Cl)ccc1OCc1nc(C)no1. The molecule has 6 heteroatoms. The van der Waals surface area contributed by atoms with Gasteiger partial charge >= 0.3 is 0 Å². The van der Waals surface area contributed by atoms with E-state index in [9.17, 15) is 0 Å². The minimum atomic E-state index is 0.151. The van der Waals surface area contributed by atoms with E-state index in [1.807, 2.05) is 12.1 Å².